The van der Waals surface area contributed by atoms with Crippen LogP contribution in [0.3, 0.4) is 0 Å². The molecular formula is C27H38O3. The SMILES string of the molecule is C=C1C(=CC=C2CCC[C@]3(C)C(C(C)CC#CC(C)(C)O)=CCC23)CC(O)CC1O. The molecule has 2 saturated carbocycles. The van der Waals surface area contributed by atoms with E-state index in [9.17, 15) is 15.3 Å². The van der Waals surface area contributed by atoms with Crippen molar-refractivity contribution in [3.63, 3.8) is 0 Å². The summed E-state index contributed by atoms with van der Waals surface area (Å²) in [4.78, 5) is 0. The Balaban J connectivity index is 1.76. The molecule has 3 nitrogen and oxygen atoms in total. The van der Waals surface area contributed by atoms with Crippen LogP contribution < -0.4 is 0 Å². The number of fused-ring (bicyclic) bond motifs is 1. The summed E-state index contributed by atoms with van der Waals surface area (Å²) in [5, 5.41) is 30.0. The van der Waals surface area contributed by atoms with Crippen LogP contribution in [0.2, 0.25) is 0 Å². The first kappa shape index (κ1) is 23.1. The molecular weight excluding hydrogens is 372 g/mol. The predicted molar refractivity (Wildman–Crippen MR) is 123 cm³/mol. The Morgan fingerprint density at radius 3 is 2.77 bits per heavy atom. The molecule has 2 fully saturated rings. The maximum Gasteiger partial charge on any atom is 0.119 e. The third-order valence-corrected chi connectivity index (χ3v) is 7.21. The lowest BCUT2D eigenvalue weighted by Crippen LogP contribution is -2.32. The molecule has 5 atom stereocenters. The van der Waals surface area contributed by atoms with E-state index in [2.05, 4.69) is 50.5 Å². The molecule has 0 spiro atoms. The molecule has 3 aliphatic carbocycles. The normalized spacial score (nSPS) is 35.6. The van der Waals surface area contributed by atoms with Gasteiger partial charge in [-0.1, -0.05) is 61.6 Å². The Bertz CT molecular complexity index is 826. The standard InChI is InChI=1S/C27H38O3/c1-18(8-6-14-26(3,4)30)23-12-13-24-20(9-7-15-27(23,24)5)10-11-21-16-22(28)17-25(29)19(21)2/h10-12,18,22,24-25,28-30H,2,7-9,13,15-17H2,1,3-5H3/t18?,22?,24?,25?,27-/m1/s1. The Morgan fingerprint density at radius 1 is 1.33 bits per heavy atom. The van der Waals surface area contributed by atoms with Gasteiger partial charge in [0.2, 0.25) is 0 Å². The molecule has 30 heavy (non-hydrogen) atoms. The maximum atomic E-state index is 10.1. The highest BCUT2D eigenvalue weighted by molar-refractivity contribution is 5.40. The summed E-state index contributed by atoms with van der Waals surface area (Å²) in [6.45, 7) is 12.1. The third-order valence-electron chi connectivity index (χ3n) is 7.21. The number of hydrogen-bond donors (Lipinski definition) is 3. The van der Waals surface area contributed by atoms with Crippen molar-refractivity contribution in [2.24, 2.45) is 17.3 Å². The zero-order valence-electron chi connectivity index (χ0n) is 19.0. The molecule has 0 radical (unpaired) electrons. The summed E-state index contributed by atoms with van der Waals surface area (Å²) < 4.78 is 0. The summed E-state index contributed by atoms with van der Waals surface area (Å²) in [6.07, 6.45) is 11.9. The fraction of sp³-hybridized carbons (Fsp3) is 0.630. The van der Waals surface area contributed by atoms with Gasteiger partial charge in [-0.25, -0.2) is 0 Å². The van der Waals surface area contributed by atoms with Crippen LogP contribution in [-0.4, -0.2) is 33.1 Å². The highest BCUT2D eigenvalue weighted by Crippen LogP contribution is 2.56. The summed E-state index contributed by atoms with van der Waals surface area (Å²) >= 11 is 0. The lowest BCUT2D eigenvalue weighted by molar-refractivity contribution is 0.0862. The minimum atomic E-state index is -0.936. The zero-order chi connectivity index (χ0) is 22.1. The average molecular weight is 411 g/mol. The average Bonchev–Trinajstić information content (AvgIpc) is 3.00. The van der Waals surface area contributed by atoms with Gasteiger partial charge in [-0.05, 0) is 74.3 Å². The Kier molecular flexibility index (Phi) is 6.82. The molecule has 0 bridgehead atoms. The molecule has 4 unspecified atom stereocenters. The van der Waals surface area contributed by atoms with E-state index in [0.717, 1.165) is 30.4 Å². The van der Waals surface area contributed by atoms with Crippen LogP contribution in [0.15, 0.2) is 47.1 Å². The van der Waals surface area contributed by atoms with Gasteiger partial charge >= 0.3 is 0 Å². The van der Waals surface area contributed by atoms with Gasteiger partial charge in [0.15, 0.2) is 0 Å². The van der Waals surface area contributed by atoms with Gasteiger partial charge in [0.05, 0.1) is 12.2 Å². The first-order valence-corrected chi connectivity index (χ1v) is 11.4. The minimum Gasteiger partial charge on any atom is -0.393 e. The molecule has 3 heteroatoms. The smallest absolute Gasteiger partial charge is 0.119 e. The molecule has 0 heterocycles. The fourth-order valence-corrected chi connectivity index (χ4v) is 5.61. The molecule has 3 N–H and O–H groups in total. The number of rotatable bonds is 3. The number of allylic oxidation sites excluding steroid dienone is 5. The third kappa shape index (κ3) is 4.99. The van der Waals surface area contributed by atoms with Crippen LogP contribution in [-0.2, 0) is 0 Å². The largest absolute Gasteiger partial charge is 0.393 e. The van der Waals surface area contributed by atoms with Crippen LogP contribution in [0.1, 0.15) is 72.6 Å². The lowest BCUT2D eigenvalue weighted by atomic mass is 9.62. The number of aliphatic hydroxyl groups excluding tert-OH is 2. The van der Waals surface area contributed by atoms with E-state index >= 15 is 0 Å². The minimum absolute atomic E-state index is 0.168. The quantitative estimate of drug-likeness (QED) is 0.460. The Hall–Kier alpha value is -1.60. The molecule has 0 aromatic heterocycles. The summed E-state index contributed by atoms with van der Waals surface area (Å²) in [7, 11) is 0. The van der Waals surface area contributed by atoms with Crippen molar-refractivity contribution >= 4 is 0 Å². The number of hydrogen-bond acceptors (Lipinski definition) is 3. The topological polar surface area (TPSA) is 60.7 Å². The lowest BCUT2D eigenvalue weighted by Gasteiger charge is -2.42. The molecule has 0 aromatic rings. The second-order valence-corrected chi connectivity index (χ2v) is 10.3. The first-order chi connectivity index (χ1) is 14.0. The predicted octanol–water partition coefficient (Wildman–Crippen LogP) is 4.85. The van der Waals surface area contributed by atoms with Crippen LogP contribution in [0.4, 0.5) is 0 Å². The van der Waals surface area contributed by atoms with Crippen molar-refractivity contribution in [2.45, 2.75) is 90.4 Å². The molecule has 0 amide bonds. The second-order valence-electron chi connectivity index (χ2n) is 10.3. The molecule has 164 valence electrons. The van der Waals surface area contributed by atoms with Crippen molar-refractivity contribution in [3.05, 3.63) is 47.1 Å². The van der Waals surface area contributed by atoms with Crippen molar-refractivity contribution in [1.82, 2.24) is 0 Å². The Morgan fingerprint density at radius 2 is 2.07 bits per heavy atom. The first-order valence-electron chi connectivity index (χ1n) is 11.4. The van der Waals surface area contributed by atoms with E-state index in [1.165, 1.54) is 24.0 Å². The molecule has 0 saturated heterocycles. The summed E-state index contributed by atoms with van der Waals surface area (Å²) in [6, 6.07) is 0. The maximum absolute atomic E-state index is 10.1. The molecule has 3 rings (SSSR count). The summed E-state index contributed by atoms with van der Waals surface area (Å²) in [5.41, 5.74) is 3.95. The van der Waals surface area contributed by atoms with Gasteiger partial charge in [-0.2, -0.15) is 0 Å². The van der Waals surface area contributed by atoms with Gasteiger partial charge in [-0.15, -0.1) is 0 Å². The highest BCUT2D eigenvalue weighted by atomic mass is 16.3. The van der Waals surface area contributed by atoms with E-state index < -0.39 is 17.8 Å². The second kappa shape index (κ2) is 8.87. The van der Waals surface area contributed by atoms with E-state index in [0.29, 0.717) is 24.7 Å². The van der Waals surface area contributed by atoms with Crippen LogP contribution in [0.25, 0.3) is 0 Å². The molecule has 0 aromatic carbocycles. The Labute approximate surface area is 182 Å². The van der Waals surface area contributed by atoms with E-state index in [1.54, 1.807) is 13.8 Å². The van der Waals surface area contributed by atoms with Crippen LogP contribution in [0.5, 0.6) is 0 Å². The van der Waals surface area contributed by atoms with Gasteiger partial charge in [0, 0.05) is 12.8 Å². The van der Waals surface area contributed by atoms with Gasteiger partial charge in [0.1, 0.15) is 5.60 Å². The van der Waals surface area contributed by atoms with Gasteiger partial charge in [0.25, 0.3) is 0 Å². The van der Waals surface area contributed by atoms with E-state index in [4.69, 9.17) is 0 Å². The van der Waals surface area contributed by atoms with Gasteiger partial charge in [-0.3, -0.25) is 0 Å². The van der Waals surface area contributed by atoms with Crippen molar-refractivity contribution in [3.8, 4) is 11.8 Å². The van der Waals surface area contributed by atoms with Crippen molar-refractivity contribution in [2.75, 3.05) is 0 Å². The van der Waals surface area contributed by atoms with Crippen molar-refractivity contribution < 1.29 is 15.3 Å². The monoisotopic (exact) mass is 410 g/mol. The van der Waals surface area contributed by atoms with Crippen LogP contribution >= 0.6 is 0 Å². The molecule has 0 aliphatic heterocycles. The van der Waals surface area contributed by atoms with Crippen molar-refractivity contribution in [1.29, 1.82) is 0 Å². The fourth-order valence-electron chi connectivity index (χ4n) is 5.61. The number of aliphatic hydroxyl groups is 3. The van der Waals surface area contributed by atoms with E-state index in [1.807, 2.05) is 0 Å². The zero-order valence-corrected chi connectivity index (χ0v) is 19.0. The van der Waals surface area contributed by atoms with Crippen LogP contribution in [0, 0.1) is 29.1 Å². The van der Waals surface area contributed by atoms with Gasteiger partial charge < -0.3 is 15.3 Å². The highest BCUT2D eigenvalue weighted by Gasteiger charge is 2.45. The molecule has 3 aliphatic rings. The van der Waals surface area contributed by atoms with E-state index in [-0.39, 0.29) is 5.41 Å². The summed E-state index contributed by atoms with van der Waals surface area (Å²) in [5.74, 6) is 7.03.